The second-order valence-corrected chi connectivity index (χ2v) is 25.6. The monoisotopic (exact) mass is 1300 g/mol. The number of ether oxygens (including phenoxy) is 15. The molecule has 91 heavy (non-hydrogen) atoms. The molecule has 0 radical (unpaired) electrons. The summed E-state index contributed by atoms with van der Waals surface area (Å²) in [6.45, 7) is 34.0. The Morgan fingerprint density at radius 3 is 0.945 bits per heavy atom. The van der Waals surface area contributed by atoms with Gasteiger partial charge < -0.3 is 92.7 Å². The maximum Gasteiger partial charge on any atom is 0.222 e. The van der Waals surface area contributed by atoms with Crippen LogP contribution in [0.5, 0.6) is 0 Å². The van der Waals surface area contributed by atoms with Gasteiger partial charge in [0.15, 0.2) is 18.9 Å². The van der Waals surface area contributed by atoms with Crippen molar-refractivity contribution < 1.29 is 90.2 Å². The molecule has 5 N–H and O–H groups in total. The minimum absolute atomic E-state index is 0.00773. The van der Waals surface area contributed by atoms with Crippen molar-refractivity contribution in [2.24, 2.45) is 64.4 Å². The summed E-state index contributed by atoms with van der Waals surface area (Å²) in [6.07, 6.45) is 5.61. The highest BCUT2D eigenvalue weighted by Gasteiger charge is 2.41. The number of hydrogen-bond acceptors (Lipinski definition) is 20. The highest BCUT2D eigenvalue weighted by molar-refractivity contribution is 5.79. The van der Waals surface area contributed by atoms with Crippen molar-refractivity contribution in [3.05, 3.63) is 0 Å². The van der Waals surface area contributed by atoms with Gasteiger partial charge >= 0.3 is 0 Å². The van der Waals surface area contributed by atoms with E-state index in [2.05, 4.69) is 99.0 Å². The maximum atomic E-state index is 13.7. The van der Waals surface area contributed by atoms with Crippen LogP contribution in [-0.4, -0.2) is 226 Å². The molecule has 3 rings (SSSR count). The van der Waals surface area contributed by atoms with Crippen LogP contribution in [0.25, 0.3) is 0 Å². The predicted octanol–water partition coefficient (Wildman–Crippen LogP) is 7.30. The lowest BCUT2D eigenvalue weighted by Crippen LogP contribution is -2.45. The molecule has 3 fully saturated rings. The van der Waals surface area contributed by atoms with Crippen molar-refractivity contribution in [1.82, 2.24) is 16.0 Å². The number of Topliss-reactive ketones (excluding diaryl/α,β-unsaturated/α-hetero) is 1. The van der Waals surface area contributed by atoms with E-state index < -0.39 is 5.41 Å². The van der Waals surface area contributed by atoms with Crippen molar-refractivity contribution >= 4 is 23.5 Å². The summed E-state index contributed by atoms with van der Waals surface area (Å²) >= 11 is 0. The van der Waals surface area contributed by atoms with E-state index in [9.17, 15) is 19.2 Å². The smallest absolute Gasteiger partial charge is 0.222 e. The number of nitrogens with one attached hydrogen (secondary N) is 3. The van der Waals surface area contributed by atoms with Gasteiger partial charge in [-0.25, -0.2) is 0 Å². The van der Waals surface area contributed by atoms with Gasteiger partial charge in [-0.05, 0) is 74.2 Å². The predicted molar refractivity (Wildman–Crippen MR) is 347 cm³/mol. The molecule has 0 aliphatic carbocycles. The number of carbonyl (C=O) groups is 4. The van der Waals surface area contributed by atoms with E-state index >= 15 is 0 Å². The summed E-state index contributed by atoms with van der Waals surface area (Å²) in [5.74, 6) is 3.21. The Morgan fingerprint density at radius 2 is 0.648 bits per heavy atom. The van der Waals surface area contributed by atoms with Crippen LogP contribution >= 0.6 is 0 Å². The largest absolute Gasteiger partial charge is 0.380 e. The van der Waals surface area contributed by atoms with Crippen LogP contribution in [0, 0.1) is 58.7 Å². The molecule has 3 aliphatic heterocycles. The van der Waals surface area contributed by atoms with Gasteiger partial charge in [0.1, 0.15) is 5.78 Å². The van der Waals surface area contributed by atoms with Crippen LogP contribution in [0.4, 0.5) is 0 Å². The first-order valence-corrected chi connectivity index (χ1v) is 34.9. The molecule has 6 unspecified atom stereocenters. The zero-order valence-corrected chi connectivity index (χ0v) is 58.5. The molecule has 3 heterocycles. The van der Waals surface area contributed by atoms with Gasteiger partial charge in [0, 0.05) is 74.9 Å². The molecule has 0 spiro atoms. The molecule has 0 aromatic heterocycles. The quantitative estimate of drug-likeness (QED) is 0.0435. The number of hydrogen-bond donors (Lipinski definition) is 4. The van der Waals surface area contributed by atoms with Gasteiger partial charge in [0.2, 0.25) is 17.7 Å². The van der Waals surface area contributed by atoms with Crippen LogP contribution in [0.2, 0.25) is 0 Å². The standard InChI is InChI=1S/C68H128N4O19/c1-13-59-52(7)49(4)55(10)65(89-59)86-42-39-80-36-33-77-30-24-70-62(74)20-27-83-46-68(45-58(73)19-17-16-18-23-69,47-84-28-21-63(75)71-25-31-78-34-37-81-40-43-87-66-56(11)50(5)53(8)60(14-2)90-66)48-85-29-22-64(76)72-26-32-79-35-38-82-41-44-88-67-57(12)51(6)54(9)61(15-3)91-67/h49-57,59-61,65-67H,13-48,69H2,1-12H3,(H,70,74)(H,71,75)(H,72,76)/t49-,50-,51-,52+,53+,54+,55?,56?,57?,59?,60?,61?,65+,66+,67+,68?/m0/s1. The highest BCUT2D eigenvalue weighted by atomic mass is 16.7. The van der Waals surface area contributed by atoms with Crippen molar-refractivity contribution in [3.63, 3.8) is 0 Å². The first kappa shape index (κ1) is 82.7. The van der Waals surface area contributed by atoms with Crippen LogP contribution in [0.3, 0.4) is 0 Å². The lowest BCUT2D eigenvalue weighted by molar-refractivity contribution is -0.251. The fraction of sp³-hybridized carbons (Fsp3) is 0.941. The van der Waals surface area contributed by atoms with E-state index in [0.717, 1.165) is 32.1 Å². The minimum atomic E-state index is -0.993. The molecule has 23 heteroatoms. The van der Waals surface area contributed by atoms with E-state index in [0.29, 0.717) is 191 Å². The molecule has 3 aliphatic rings. The van der Waals surface area contributed by atoms with E-state index in [4.69, 9.17) is 76.8 Å². The maximum absolute atomic E-state index is 13.7. The van der Waals surface area contributed by atoms with Crippen molar-refractivity contribution in [3.8, 4) is 0 Å². The molecule has 3 saturated heterocycles. The molecule has 3 amide bonds. The Bertz CT molecular complexity index is 1690. The third-order valence-electron chi connectivity index (χ3n) is 18.9. The zero-order valence-electron chi connectivity index (χ0n) is 58.5. The van der Waals surface area contributed by atoms with E-state index in [-0.39, 0.29) is 126 Å². The lowest BCUT2D eigenvalue weighted by Gasteiger charge is -2.43. The molecule has 0 bridgehead atoms. The number of ketones is 1. The number of amides is 3. The molecule has 0 saturated carbocycles. The van der Waals surface area contributed by atoms with Crippen molar-refractivity contribution in [2.45, 2.75) is 191 Å². The molecule has 534 valence electrons. The third kappa shape index (κ3) is 33.8. The average molecular weight is 1310 g/mol. The Balaban J connectivity index is 1.42. The Hall–Kier alpha value is -2.56. The normalized spacial score (nSPS) is 27.5. The molecule has 0 aromatic carbocycles. The van der Waals surface area contributed by atoms with Crippen LogP contribution in [0.1, 0.15) is 154 Å². The molecule has 15 atom stereocenters. The van der Waals surface area contributed by atoms with Crippen LogP contribution in [0.15, 0.2) is 0 Å². The zero-order chi connectivity index (χ0) is 66.7. The third-order valence-corrected chi connectivity index (χ3v) is 18.9. The van der Waals surface area contributed by atoms with Crippen molar-refractivity contribution in [2.75, 3.05) is 165 Å². The van der Waals surface area contributed by atoms with Gasteiger partial charge in [-0.3, -0.25) is 19.2 Å². The Labute approximate surface area is 548 Å². The second kappa shape index (κ2) is 49.9. The number of nitrogens with two attached hydrogens (primary N) is 1. The summed E-state index contributed by atoms with van der Waals surface area (Å²) < 4.78 is 89.4. The Kier molecular flexibility index (Phi) is 45.3. The first-order valence-electron chi connectivity index (χ1n) is 34.9. The molecular weight excluding hydrogens is 1180 g/mol. The molecular formula is C68H128N4O19. The fourth-order valence-corrected chi connectivity index (χ4v) is 11.9. The second-order valence-electron chi connectivity index (χ2n) is 25.6. The lowest BCUT2D eigenvalue weighted by atomic mass is 9.78. The summed E-state index contributed by atoms with van der Waals surface area (Å²) in [5.41, 5.74) is 4.74. The van der Waals surface area contributed by atoms with Crippen LogP contribution < -0.4 is 21.7 Å². The van der Waals surface area contributed by atoms with Crippen molar-refractivity contribution in [1.29, 1.82) is 0 Å². The molecule has 23 nitrogen and oxygen atoms in total. The Morgan fingerprint density at radius 1 is 0.352 bits per heavy atom. The summed E-state index contributed by atoms with van der Waals surface area (Å²) in [5, 5.41) is 8.60. The minimum Gasteiger partial charge on any atom is -0.380 e. The van der Waals surface area contributed by atoms with Gasteiger partial charge in [-0.15, -0.1) is 0 Å². The van der Waals surface area contributed by atoms with E-state index in [1.165, 1.54) is 0 Å². The number of unbranched alkanes of at least 4 members (excludes halogenated alkanes) is 2. The average Bonchev–Trinajstić information content (AvgIpc) is 2.02. The summed E-state index contributed by atoms with van der Waals surface area (Å²) in [4.78, 5) is 52.4. The van der Waals surface area contributed by atoms with Gasteiger partial charge in [-0.2, -0.15) is 0 Å². The van der Waals surface area contributed by atoms with Gasteiger partial charge in [0.25, 0.3) is 0 Å². The highest BCUT2D eigenvalue weighted by Crippen LogP contribution is 2.39. The summed E-state index contributed by atoms with van der Waals surface area (Å²) in [7, 11) is 0. The van der Waals surface area contributed by atoms with Gasteiger partial charge in [-0.1, -0.05) is 89.5 Å². The number of carbonyl (C=O) groups excluding carboxylic acids is 4. The number of rotatable bonds is 55. The van der Waals surface area contributed by atoms with E-state index in [1.54, 1.807) is 0 Å². The van der Waals surface area contributed by atoms with Crippen LogP contribution in [-0.2, 0) is 90.2 Å². The van der Waals surface area contributed by atoms with Gasteiger partial charge in [0.05, 0.1) is 157 Å². The molecule has 0 aromatic rings. The summed E-state index contributed by atoms with van der Waals surface area (Å²) in [6, 6.07) is 0. The van der Waals surface area contributed by atoms with E-state index in [1.807, 2.05) is 0 Å². The SMILES string of the molecule is CCC1O[C@@H](OCCOCCOCCNC(=O)CCOCC(COCCC(=O)NCCOCCOCCO[C@@H]2OC(CC)[C@H](C)[C@H](C)C2C)(COCCC(=O)NCCOCCOCCO[C@@H]2OC(CC)[C@H](C)[C@H](C)C2C)CC(=O)CCCCCN)C(C)[C@@H](C)[C@H]1C. The fourth-order valence-electron chi connectivity index (χ4n) is 11.9. The topological polar surface area (TPSA) is 269 Å². The first-order chi connectivity index (χ1) is 43.9.